The van der Waals surface area contributed by atoms with E-state index in [4.69, 9.17) is 9.72 Å². The van der Waals surface area contributed by atoms with E-state index in [-0.39, 0.29) is 0 Å². The minimum atomic E-state index is 0.425. The highest BCUT2D eigenvalue weighted by atomic mass is 32.2. The average Bonchev–Trinajstić information content (AvgIpc) is 3.05. The average molecular weight is 334 g/mol. The van der Waals surface area contributed by atoms with Crippen LogP contribution in [-0.4, -0.2) is 22.6 Å². The molecule has 2 aromatic rings. The van der Waals surface area contributed by atoms with E-state index in [1.165, 1.54) is 35.6 Å². The lowest BCUT2D eigenvalue weighted by molar-refractivity contribution is 0.415. The van der Waals surface area contributed by atoms with Crippen LogP contribution >= 0.6 is 23.1 Å². The maximum atomic E-state index is 5.22. The van der Waals surface area contributed by atoms with E-state index < -0.39 is 0 Å². The Kier molecular flexibility index (Phi) is 4.79. The van der Waals surface area contributed by atoms with Crippen molar-refractivity contribution in [3.05, 3.63) is 34.7 Å². The minimum absolute atomic E-state index is 0.425. The highest BCUT2D eigenvalue weighted by Gasteiger charge is 2.33. The second-order valence-corrected chi connectivity index (χ2v) is 8.71. The smallest absolute Gasteiger partial charge is 0.118 e. The molecule has 3 rings (SSSR count). The van der Waals surface area contributed by atoms with Gasteiger partial charge in [-0.1, -0.05) is 13.8 Å². The van der Waals surface area contributed by atoms with Gasteiger partial charge in [-0.2, -0.15) is 11.8 Å². The van der Waals surface area contributed by atoms with E-state index in [0.29, 0.717) is 10.7 Å². The van der Waals surface area contributed by atoms with Crippen molar-refractivity contribution in [3.63, 3.8) is 0 Å². The molecule has 118 valence electrons. The molecule has 0 bridgehead atoms. The first-order valence-electron chi connectivity index (χ1n) is 7.87. The predicted molar refractivity (Wildman–Crippen MR) is 97.2 cm³/mol. The normalized spacial score (nSPS) is 25.1. The maximum absolute atomic E-state index is 5.22. The summed E-state index contributed by atoms with van der Waals surface area (Å²) < 4.78 is 5.65. The Morgan fingerprint density at radius 1 is 1.32 bits per heavy atom. The van der Waals surface area contributed by atoms with Crippen molar-refractivity contribution in [3.8, 4) is 17.0 Å². The number of aromatic nitrogens is 1. The van der Waals surface area contributed by atoms with E-state index in [1.807, 2.05) is 23.5 Å². The lowest BCUT2D eigenvalue weighted by Crippen LogP contribution is -2.27. The molecule has 22 heavy (non-hydrogen) atoms. The number of methoxy groups -OCH3 is 1. The molecule has 1 aromatic heterocycles. The van der Waals surface area contributed by atoms with Gasteiger partial charge in [-0.05, 0) is 49.3 Å². The van der Waals surface area contributed by atoms with Crippen LogP contribution in [0.3, 0.4) is 0 Å². The summed E-state index contributed by atoms with van der Waals surface area (Å²) in [5, 5.41) is 3.51. The lowest BCUT2D eigenvalue weighted by atomic mass is 9.91. The van der Waals surface area contributed by atoms with Gasteiger partial charge in [-0.25, -0.2) is 4.98 Å². The number of hydrogen-bond donors (Lipinski definition) is 0. The number of rotatable bonds is 4. The topological polar surface area (TPSA) is 22.1 Å². The first kappa shape index (κ1) is 15.9. The number of benzene rings is 1. The van der Waals surface area contributed by atoms with E-state index in [0.717, 1.165) is 11.4 Å². The van der Waals surface area contributed by atoms with Crippen LogP contribution < -0.4 is 4.74 Å². The summed E-state index contributed by atoms with van der Waals surface area (Å²) >= 11 is 3.95. The molecule has 2 atom stereocenters. The highest BCUT2D eigenvalue weighted by Crippen LogP contribution is 2.46. The summed E-state index contributed by atoms with van der Waals surface area (Å²) in [6, 6.07) is 8.18. The molecule has 1 aromatic carbocycles. The van der Waals surface area contributed by atoms with Gasteiger partial charge >= 0.3 is 0 Å². The van der Waals surface area contributed by atoms with E-state index in [9.17, 15) is 0 Å². The van der Waals surface area contributed by atoms with Crippen molar-refractivity contribution in [1.82, 2.24) is 4.98 Å². The molecule has 0 saturated carbocycles. The third kappa shape index (κ3) is 3.33. The summed E-state index contributed by atoms with van der Waals surface area (Å²) in [7, 11) is 1.70. The Labute approximate surface area is 141 Å². The van der Waals surface area contributed by atoms with Crippen LogP contribution in [0.25, 0.3) is 11.3 Å². The molecule has 1 aliphatic rings. The molecule has 2 heterocycles. The summed E-state index contributed by atoms with van der Waals surface area (Å²) in [6.45, 7) is 4.71. The van der Waals surface area contributed by atoms with Crippen LogP contribution in [0.5, 0.6) is 5.75 Å². The van der Waals surface area contributed by atoms with E-state index >= 15 is 0 Å². The molecule has 0 unspecified atom stereocenters. The Morgan fingerprint density at radius 3 is 2.77 bits per heavy atom. The number of ether oxygens (including phenoxy) is 1. The lowest BCUT2D eigenvalue weighted by Gasteiger charge is -2.36. The van der Waals surface area contributed by atoms with Crippen LogP contribution in [0.4, 0.5) is 0 Å². The van der Waals surface area contributed by atoms with E-state index in [2.05, 4.69) is 43.1 Å². The number of thiazole rings is 1. The number of hydrogen-bond acceptors (Lipinski definition) is 4. The van der Waals surface area contributed by atoms with Gasteiger partial charge < -0.3 is 4.74 Å². The zero-order valence-electron chi connectivity index (χ0n) is 13.5. The van der Waals surface area contributed by atoms with Crippen molar-refractivity contribution in [2.24, 2.45) is 0 Å². The fraction of sp³-hybridized carbons (Fsp3) is 0.500. The Hall–Kier alpha value is -1.000. The summed E-state index contributed by atoms with van der Waals surface area (Å²) in [6.07, 6.45) is 3.75. The maximum Gasteiger partial charge on any atom is 0.118 e. The first-order chi connectivity index (χ1) is 10.6. The van der Waals surface area contributed by atoms with Crippen LogP contribution in [0.2, 0.25) is 0 Å². The molecule has 0 spiro atoms. The molecule has 1 fully saturated rings. The van der Waals surface area contributed by atoms with Gasteiger partial charge in [-0.15, -0.1) is 11.3 Å². The van der Waals surface area contributed by atoms with Crippen LogP contribution in [0, 0.1) is 0 Å². The molecule has 0 radical (unpaired) electrons. The van der Waals surface area contributed by atoms with Crippen LogP contribution in [0.1, 0.15) is 44.0 Å². The third-order valence-electron chi connectivity index (χ3n) is 4.60. The predicted octanol–water partition coefficient (Wildman–Crippen LogP) is 5.60. The molecule has 1 saturated heterocycles. The van der Waals surface area contributed by atoms with Gasteiger partial charge in [0.15, 0.2) is 0 Å². The first-order valence-corrected chi connectivity index (χ1v) is 9.74. The molecule has 0 amide bonds. The quantitative estimate of drug-likeness (QED) is 0.727. The standard InChI is InChI=1S/C18H23NOS2/c1-4-18(2)11-14(9-10-22-18)17-19-16(12-21-17)13-5-7-15(20-3)8-6-13/h5-8,12,14H,4,9-11H2,1-3H3/t14-,18-/m0/s1. The molecule has 4 heteroatoms. The van der Waals surface area contributed by atoms with Gasteiger partial charge in [0.1, 0.15) is 5.75 Å². The Balaban J connectivity index is 1.78. The highest BCUT2D eigenvalue weighted by molar-refractivity contribution is 8.00. The van der Waals surface area contributed by atoms with Gasteiger partial charge in [0.2, 0.25) is 0 Å². The van der Waals surface area contributed by atoms with Crippen LogP contribution in [0.15, 0.2) is 29.6 Å². The third-order valence-corrected chi connectivity index (χ3v) is 7.20. The Bertz CT molecular complexity index is 622. The molecule has 1 aliphatic heterocycles. The molecule has 2 nitrogen and oxygen atoms in total. The fourth-order valence-corrected chi connectivity index (χ4v) is 5.34. The summed E-state index contributed by atoms with van der Waals surface area (Å²) in [4.78, 5) is 4.93. The van der Waals surface area contributed by atoms with Crippen molar-refractivity contribution in [2.45, 2.75) is 43.8 Å². The summed E-state index contributed by atoms with van der Waals surface area (Å²) in [5.41, 5.74) is 2.27. The SMILES string of the molecule is CC[C@@]1(C)C[C@@H](c2nc(-c3ccc(OC)cc3)cs2)CCS1. The van der Waals surface area contributed by atoms with Gasteiger partial charge in [0.05, 0.1) is 17.8 Å². The number of thioether (sulfide) groups is 1. The van der Waals surface area contributed by atoms with Crippen molar-refractivity contribution in [1.29, 1.82) is 0 Å². The fourth-order valence-electron chi connectivity index (χ4n) is 2.96. The molecule has 0 aliphatic carbocycles. The monoisotopic (exact) mass is 333 g/mol. The molecule has 0 N–H and O–H groups in total. The van der Waals surface area contributed by atoms with Gasteiger partial charge in [-0.3, -0.25) is 0 Å². The minimum Gasteiger partial charge on any atom is -0.497 e. The van der Waals surface area contributed by atoms with Gasteiger partial charge in [0.25, 0.3) is 0 Å². The second-order valence-electron chi connectivity index (χ2n) is 6.14. The molecular formula is C18H23NOS2. The largest absolute Gasteiger partial charge is 0.497 e. The van der Waals surface area contributed by atoms with Crippen molar-refractivity contribution >= 4 is 23.1 Å². The van der Waals surface area contributed by atoms with Gasteiger partial charge in [0, 0.05) is 21.6 Å². The van der Waals surface area contributed by atoms with Crippen molar-refractivity contribution in [2.75, 3.05) is 12.9 Å². The zero-order valence-corrected chi connectivity index (χ0v) is 15.1. The number of nitrogens with zero attached hydrogens (tertiary/aromatic N) is 1. The van der Waals surface area contributed by atoms with Crippen LogP contribution in [-0.2, 0) is 0 Å². The van der Waals surface area contributed by atoms with Crippen molar-refractivity contribution < 1.29 is 4.74 Å². The summed E-state index contributed by atoms with van der Waals surface area (Å²) in [5.74, 6) is 2.78. The second kappa shape index (κ2) is 6.63. The Morgan fingerprint density at radius 2 is 2.09 bits per heavy atom. The van der Waals surface area contributed by atoms with E-state index in [1.54, 1.807) is 7.11 Å². The zero-order chi connectivity index (χ0) is 15.6. The molecular weight excluding hydrogens is 310 g/mol.